The highest BCUT2D eigenvalue weighted by molar-refractivity contribution is 5.83. The zero-order valence-corrected chi connectivity index (χ0v) is 19.1. The van der Waals surface area contributed by atoms with E-state index in [4.69, 9.17) is 9.15 Å². The smallest absolute Gasteiger partial charge is 0.410 e. The van der Waals surface area contributed by atoms with Crippen LogP contribution >= 0.6 is 0 Å². The van der Waals surface area contributed by atoms with Gasteiger partial charge in [-0.15, -0.1) is 10.2 Å². The van der Waals surface area contributed by atoms with E-state index < -0.39 is 5.60 Å². The van der Waals surface area contributed by atoms with E-state index in [1.807, 2.05) is 33.0 Å². The first-order valence-corrected chi connectivity index (χ1v) is 11.7. The third-order valence-corrected chi connectivity index (χ3v) is 6.45. The lowest BCUT2D eigenvalue weighted by molar-refractivity contribution is 0.0199. The fourth-order valence-electron chi connectivity index (χ4n) is 4.76. The molecule has 0 unspecified atom stereocenters. The van der Waals surface area contributed by atoms with Gasteiger partial charge in [-0.25, -0.2) is 4.79 Å². The molecule has 1 aliphatic heterocycles. The summed E-state index contributed by atoms with van der Waals surface area (Å²) in [7, 11) is 0. The van der Waals surface area contributed by atoms with Crippen LogP contribution in [-0.4, -0.2) is 49.7 Å². The molecule has 5 rings (SSSR count). The number of hydrogen-bond acceptors (Lipinski definition) is 6. The molecule has 1 aromatic carbocycles. The lowest BCUT2D eigenvalue weighted by atomic mass is 9.97. The van der Waals surface area contributed by atoms with Gasteiger partial charge in [-0.05, 0) is 58.6 Å². The summed E-state index contributed by atoms with van der Waals surface area (Å²) in [6, 6.07) is 6.69. The molecule has 0 N–H and O–H groups in total. The van der Waals surface area contributed by atoms with Crippen LogP contribution < -0.4 is 0 Å². The van der Waals surface area contributed by atoms with Gasteiger partial charge in [0.1, 0.15) is 5.60 Å². The van der Waals surface area contributed by atoms with Crippen molar-refractivity contribution < 1.29 is 13.9 Å². The van der Waals surface area contributed by atoms with Gasteiger partial charge in [-0.2, -0.15) is 5.10 Å². The quantitative estimate of drug-likeness (QED) is 0.551. The van der Waals surface area contributed by atoms with E-state index in [1.54, 1.807) is 4.90 Å². The number of likely N-dealkylation sites (tertiary alicyclic amines) is 1. The van der Waals surface area contributed by atoms with Gasteiger partial charge in [-0.1, -0.05) is 18.9 Å². The molecule has 1 amide bonds. The van der Waals surface area contributed by atoms with Crippen molar-refractivity contribution in [2.45, 2.75) is 76.9 Å². The summed E-state index contributed by atoms with van der Waals surface area (Å²) in [6.07, 6.45) is 8.17. The normalized spacial score (nSPS) is 18.5. The van der Waals surface area contributed by atoms with E-state index in [0.29, 0.717) is 30.9 Å². The number of carbonyl (C=O) groups is 1. The summed E-state index contributed by atoms with van der Waals surface area (Å²) in [5, 5.41) is 14.4. The van der Waals surface area contributed by atoms with Gasteiger partial charge in [0.15, 0.2) is 0 Å². The standard InChI is InChI=1S/C24H31N5O3/c1-24(2,3)32-23(30)28-12-10-16(11-13-28)21-26-27-22(31-21)17-8-9-18-15-25-29(20(18)14-17)19-6-4-5-7-19/h8-9,14-16,19H,4-7,10-13H2,1-3H3. The van der Waals surface area contributed by atoms with Crippen LogP contribution in [0, 0.1) is 0 Å². The molecule has 1 saturated carbocycles. The molecule has 8 nitrogen and oxygen atoms in total. The average Bonchev–Trinajstić information content (AvgIpc) is 3.52. The molecule has 32 heavy (non-hydrogen) atoms. The maximum Gasteiger partial charge on any atom is 0.410 e. The Kier molecular flexibility index (Phi) is 5.39. The molecular weight excluding hydrogens is 406 g/mol. The van der Waals surface area contributed by atoms with Crippen LogP contribution in [-0.2, 0) is 4.74 Å². The summed E-state index contributed by atoms with van der Waals surface area (Å²) in [6.45, 7) is 6.91. The molecule has 2 aromatic heterocycles. The number of amides is 1. The van der Waals surface area contributed by atoms with Crippen molar-refractivity contribution in [2.75, 3.05) is 13.1 Å². The Morgan fingerprint density at radius 1 is 1.09 bits per heavy atom. The maximum atomic E-state index is 12.3. The average molecular weight is 438 g/mol. The van der Waals surface area contributed by atoms with Crippen molar-refractivity contribution in [3.8, 4) is 11.5 Å². The fourth-order valence-corrected chi connectivity index (χ4v) is 4.76. The van der Waals surface area contributed by atoms with Gasteiger partial charge in [0.25, 0.3) is 0 Å². The highest BCUT2D eigenvalue weighted by atomic mass is 16.6. The number of piperidine rings is 1. The predicted molar refractivity (Wildman–Crippen MR) is 120 cm³/mol. The Morgan fingerprint density at radius 2 is 1.84 bits per heavy atom. The molecule has 0 atom stereocenters. The molecule has 0 bridgehead atoms. The summed E-state index contributed by atoms with van der Waals surface area (Å²) in [5.41, 5.74) is 1.56. The predicted octanol–water partition coefficient (Wildman–Crippen LogP) is 5.32. The van der Waals surface area contributed by atoms with Gasteiger partial charge in [0.05, 0.1) is 17.8 Å². The monoisotopic (exact) mass is 437 g/mol. The van der Waals surface area contributed by atoms with E-state index in [0.717, 1.165) is 29.3 Å². The number of rotatable bonds is 3. The number of fused-ring (bicyclic) bond motifs is 1. The van der Waals surface area contributed by atoms with Gasteiger partial charge >= 0.3 is 6.09 Å². The molecule has 8 heteroatoms. The van der Waals surface area contributed by atoms with Gasteiger partial charge < -0.3 is 14.1 Å². The number of ether oxygens (including phenoxy) is 1. The third kappa shape index (κ3) is 4.23. The SMILES string of the molecule is CC(C)(C)OC(=O)N1CCC(c2nnc(-c3ccc4cnn(C5CCCC5)c4c3)o2)CC1. The molecule has 0 radical (unpaired) electrons. The number of benzene rings is 1. The second kappa shape index (κ2) is 8.22. The van der Waals surface area contributed by atoms with Crippen LogP contribution in [0.3, 0.4) is 0 Å². The second-order valence-electron chi connectivity index (χ2n) is 9.99. The topological polar surface area (TPSA) is 86.3 Å². The lowest BCUT2D eigenvalue weighted by Gasteiger charge is -2.32. The van der Waals surface area contributed by atoms with E-state index >= 15 is 0 Å². The van der Waals surface area contributed by atoms with E-state index in [9.17, 15) is 4.79 Å². The van der Waals surface area contributed by atoms with Crippen molar-refractivity contribution in [3.05, 3.63) is 30.3 Å². The van der Waals surface area contributed by atoms with E-state index in [-0.39, 0.29) is 12.0 Å². The molecule has 2 fully saturated rings. The van der Waals surface area contributed by atoms with Crippen molar-refractivity contribution in [1.82, 2.24) is 24.9 Å². The highest BCUT2D eigenvalue weighted by Gasteiger charge is 2.30. The third-order valence-electron chi connectivity index (χ3n) is 6.45. The summed E-state index contributed by atoms with van der Waals surface area (Å²) in [5.74, 6) is 1.34. The minimum absolute atomic E-state index is 0.155. The van der Waals surface area contributed by atoms with E-state index in [1.165, 1.54) is 25.7 Å². The number of hydrogen-bond donors (Lipinski definition) is 0. The number of carbonyl (C=O) groups excluding carboxylic acids is 1. The molecule has 3 heterocycles. The van der Waals surface area contributed by atoms with Crippen LogP contribution in [0.2, 0.25) is 0 Å². The van der Waals surface area contributed by atoms with Crippen LogP contribution in [0.5, 0.6) is 0 Å². The van der Waals surface area contributed by atoms with Gasteiger partial charge in [0, 0.05) is 30.0 Å². The van der Waals surface area contributed by atoms with Crippen molar-refractivity contribution >= 4 is 17.0 Å². The second-order valence-corrected chi connectivity index (χ2v) is 9.99. The molecule has 1 aliphatic carbocycles. The number of nitrogens with zero attached hydrogens (tertiary/aromatic N) is 5. The first-order valence-electron chi connectivity index (χ1n) is 11.7. The Labute approximate surface area is 187 Å². The van der Waals surface area contributed by atoms with Crippen molar-refractivity contribution in [2.24, 2.45) is 0 Å². The summed E-state index contributed by atoms with van der Waals surface area (Å²) < 4.78 is 13.7. The highest BCUT2D eigenvalue weighted by Crippen LogP contribution is 2.34. The Balaban J connectivity index is 1.29. The Bertz CT molecular complexity index is 1100. The first kappa shape index (κ1) is 21.0. The fraction of sp³-hybridized carbons (Fsp3) is 0.583. The summed E-state index contributed by atoms with van der Waals surface area (Å²) in [4.78, 5) is 14.1. The lowest BCUT2D eigenvalue weighted by Crippen LogP contribution is -2.41. The first-order chi connectivity index (χ1) is 15.4. The molecular formula is C24H31N5O3. The molecule has 0 spiro atoms. The van der Waals surface area contributed by atoms with Gasteiger partial charge in [0.2, 0.25) is 11.8 Å². The van der Waals surface area contributed by atoms with Crippen molar-refractivity contribution in [1.29, 1.82) is 0 Å². The minimum Gasteiger partial charge on any atom is -0.444 e. The molecule has 170 valence electrons. The van der Waals surface area contributed by atoms with Crippen LogP contribution in [0.1, 0.15) is 77.1 Å². The van der Waals surface area contributed by atoms with E-state index in [2.05, 4.69) is 32.1 Å². The number of aromatic nitrogens is 4. The zero-order valence-electron chi connectivity index (χ0n) is 19.1. The molecule has 3 aromatic rings. The van der Waals surface area contributed by atoms with Crippen LogP contribution in [0.15, 0.2) is 28.8 Å². The Hall–Kier alpha value is -2.90. The van der Waals surface area contributed by atoms with Gasteiger partial charge in [-0.3, -0.25) is 4.68 Å². The largest absolute Gasteiger partial charge is 0.444 e. The molecule has 1 saturated heterocycles. The van der Waals surface area contributed by atoms with Crippen molar-refractivity contribution in [3.63, 3.8) is 0 Å². The zero-order chi connectivity index (χ0) is 22.3. The summed E-state index contributed by atoms with van der Waals surface area (Å²) >= 11 is 0. The maximum absolute atomic E-state index is 12.3. The Morgan fingerprint density at radius 3 is 2.56 bits per heavy atom. The van der Waals surface area contributed by atoms with Crippen LogP contribution in [0.25, 0.3) is 22.4 Å². The van der Waals surface area contributed by atoms with Crippen LogP contribution in [0.4, 0.5) is 4.79 Å². The molecule has 2 aliphatic rings. The minimum atomic E-state index is -0.483.